The quantitative estimate of drug-likeness (QED) is 0.0320. The van der Waals surface area contributed by atoms with Gasteiger partial charge in [-0.3, -0.25) is 9.59 Å². The van der Waals surface area contributed by atoms with Gasteiger partial charge in [0.2, 0.25) is 5.91 Å². The van der Waals surface area contributed by atoms with Crippen LogP contribution >= 0.6 is 0 Å². The molecular formula is C72H137NO5. The molecule has 0 aliphatic rings. The van der Waals surface area contributed by atoms with Crippen LogP contribution < -0.4 is 5.32 Å². The normalized spacial score (nSPS) is 12.7. The molecule has 78 heavy (non-hydrogen) atoms. The lowest BCUT2D eigenvalue weighted by molar-refractivity contribution is -0.143. The molecule has 0 aliphatic heterocycles. The van der Waals surface area contributed by atoms with Gasteiger partial charge in [-0.15, -0.1) is 0 Å². The van der Waals surface area contributed by atoms with Gasteiger partial charge in [0.05, 0.1) is 25.4 Å². The van der Waals surface area contributed by atoms with Gasteiger partial charge in [0.1, 0.15) is 0 Å². The van der Waals surface area contributed by atoms with Crippen molar-refractivity contribution in [2.24, 2.45) is 0 Å². The van der Waals surface area contributed by atoms with E-state index in [-0.39, 0.29) is 18.5 Å². The molecule has 0 bridgehead atoms. The molecule has 1 amide bonds. The van der Waals surface area contributed by atoms with Crippen molar-refractivity contribution in [1.82, 2.24) is 5.32 Å². The fraction of sp³-hybridized carbons (Fsp3) is 0.889. The molecule has 0 saturated carbocycles. The molecule has 0 rings (SSSR count). The highest BCUT2D eigenvalue weighted by Gasteiger charge is 2.20. The second kappa shape index (κ2) is 67.6. The number of carbonyl (C=O) groups excluding carboxylic acids is 2. The first kappa shape index (κ1) is 76.1. The molecule has 0 heterocycles. The van der Waals surface area contributed by atoms with Gasteiger partial charge in [-0.25, -0.2) is 0 Å². The number of amides is 1. The lowest BCUT2D eigenvalue weighted by atomic mass is 10.0. The summed E-state index contributed by atoms with van der Waals surface area (Å²) < 4.78 is 5.49. The molecule has 0 aliphatic carbocycles. The maximum absolute atomic E-state index is 12.4. The highest BCUT2D eigenvalue weighted by molar-refractivity contribution is 5.76. The standard InChI is InChI=1S/C72H137NO5/c1-3-5-7-9-11-13-15-16-17-40-43-46-50-54-58-62-66-72(77)78-67-63-59-55-51-47-44-41-38-36-34-32-30-28-26-24-22-20-18-19-21-23-25-27-29-31-33-35-37-39-42-45-49-53-57-61-65-71(76)73-69(68-74)70(75)64-60-56-52-48-14-12-10-8-6-4-2/h13,15,17,20,22,40,69-70,74-75H,3-12,14,16,18-19,21,23-39,41-68H2,1-2H3,(H,73,76)/b15-13-,22-20-,40-17-. The third-order valence-electron chi connectivity index (χ3n) is 16.4. The first-order valence-electron chi connectivity index (χ1n) is 35.2. The van der Waals surface area contributed by atoms with Crippen molar-refractivity contribution in [3.8, 4) is 0 Å². The summed E-state index contributed by atoms with van der Waals surface area (Å²) in [7, 11) is 0. The molecule has 0 aromatic heterocycles. The van der Waals surface area contributed by atoms with Gasteiger partial charge in [-0.05, 0) is 83.5 Å². The second-order valence-electron chi connectivity index (χ2n) is 24.2. The molecule has 6 nitrogen and oxygen atoms in total. The van der Waals surface area contributed by atoms with E-state index in [1.54, 1.807) is 0 Å². The van der Waals surface area contributed by atoms with Crippen molar-refractivity contribution in [2.75, 3.05) is 13.2 Å². The first-order valence-corrected chi connectivity index (χ1v) is 35.2. The number of esters is 1. The molecule has 0 aromatic carbocycles. The van der Waals surface area contributed by atoms with Crippen molar-refractivity contribution in [3.63, 3.8) is 0 Å². The highest BCUT2D eigenvalue weighted by atomic mass is 16.5. The summed E-state index contributed by atoms with van der Waals surface area (Å²) in [5.41, 5.74) is 0. The van der Waals surface area contributed by atoms with Gasteiger partial charge in [0, 0.05) is 12.8 Å². The Bertz CT molecular complexity index is 1260. The van der Waals surface area contributed by atoms with E-state index < -0.39 is 12.1 Å². The Labute approximate surface area is 487 Å². The molecule has 0 aromatic rings. The number of nitrogens with one attached hydrogen (secondary N) is 1. The first-order chi connectivity index (χ1) is 38.5. The van der Waals surface area contributed by atoms with Crippen LogP contribution in [0.4, 0.5) is 0 Å². The maximum atomic E-state index is 12.4. The molecule has 6 heteroatoms. The van der Waals surface area contributed by atoms with Crippen LogP contribution in [0.3, 0.4) is 0 Å². The van der Waals surface area contributed by atoms with Gasteiger partial charge in [-0.1, -0.05) is 326 Å². The predicted molar refractivity (Wildman–Crippen MR) is 343 cm³/mol. The van der Waals surface area contributed by atoms with Crippen LogP contribution in [-0.4, -0.2) is 47.4 Å². The Morgan fingerprint density at radius 3 is 1.00 bits per heavy atom. The Morgan fingerprint density at radius 1 is 0.359 bits per heavy atom. The van der Waals surface area contributed by atoms with Crippen molar-refractivity contribution in [3.05, 3.63) is 36.5 Å². The summed E-state index contributed by atoms with van der Waals surface area (Å²) in [5, 5.41) is 23.2. The molecule has 0 radical (unpaired) electrons. The smallest absolute Gasteiger partial charge is 0.305 e. The van der Waals surface area contributed by atoms with Crippen molar-refractivity contribution >= 4 is 11.9 Å². The van der Waals surface area contributed by atoms with E-state index in [4.69, 9.17) is 4.74 Å². The summed E-state index contributed by atoms with van der Waals surface area (Å²) in [5.74, 6) is -0.0247. The lowest BCUT2D eigenvalue weighted by Gasteiger charge is -2.22. The molecule has 2 atom stereocenters. The summed E-state index contributed by atoms with van der Waals surface area (Å²) in [6.45, 7) is 4.94. The zero-order chi connectivity index (χ0) is 56.4. The molecular weight excluding hydrogens is 959 g/mol. The number of hydrogen-bond acceptors (Lipinski definition) is 5. The van der Waals surface area contributed by atoms with Gasteiger partial charge in [-0.2, -0.15) is 0 Å². The molecule has 0 saturated heterocycles. The van der Waals surface area contributed by atoms with Gasteiger partial charge >= 0.3 is 5.97 Å². The van der Waals surface area contributed by atoms with Crippen LogP contribution in [0.15, 0.2) is 36.5 Å². The molecule has 3 N–H and O–H groups in total. The van der Waals surface area contributed by atoms with Gasteiger partial charge < -0.3 is 20.3 Å². The fourth-order valence-corrected chi connectivity index (χ4v) is 11.0. The van der Waals surface area contributed by atoms with Gasteiger partial charge in [0.15, 0.2) is 0 Å². The summed E-state index contributed by atoms with van der Waals surface area (Å²) in [6, 6.07) is -0.537. The van der Waals surface area contributed by atoms with Crippen LogP contribution in [0.25, 0.3) is 0 Å². The number of rotatable bonds is 66. The Kier molecular flexibility index (Phi) is 65.9. The Hall–Kier alpha value is -1.92. The molecule has 0 spiro atoms. The minimum atomic E-state index is -0.660. The van der Waals surface area contributed by atoms with E-state index in [1.165, 1.54) is 302 Å². The molecule has 2 unspecified atom stereocenters. The summed E-state index contributed by atoms with van der Waals surface area (Å²) in [4.78, 5) is 24.5. The number of carbonyl (C=O) groups is 2. The Balaban J connectivity index is 3.32. The zero-order valence-electron chi connectivity index (χ0n) is 52.7. The molecule has 460 valence electrons. The minimum Gasteiger partial charge on any atom is -0.466 e. The number of ether oxygens (including phenoxy) is 1. The van der Waals surface area contributed by atoms with E-state index in [2.05, 4.69) is 55.6 Å². The number of unbranched alkanes of at least 4 members (excludes halogenated alkanes) is 49. The highest BCUT2D eigenvalue weighted by Crippen LogP contribution is 2.18. The number of hydrogen-bond donors (Lipinski definition) is 3. The minimum absolute atomic E-state index is 0.00690. The topological polar surface area (TPSA) is 95.9 Å². The number of aliphatic hydroxyl groups is 2. The SMILES string of the molecule is CCCCCC/C=C\C/C=C\CCCCCCCC(=O)OCCCCCCCCCCCCCCCC/C=C\CCCCCCCCCCCCCCCCCCCC(=O)NC(CO)C(O)CCCCCCCCCCCC. The van der Waals surface area contributed by atoms with Gasteiger partial charge in [0.25, 0.3) is 0 Å². The van der Waals surface area contributed by atoms with Crippen LogP contribution in [-0.2, 0) is 14.3 Å². The van der Waals surface area contributed by atoms with E-state index in [1.807, 2.05) is 0 Å². The number of allylic oxidation sites excluding steroid dienone is 6. The summed E-state index contributed by atoms with van der Waals surface area (Å²) in [6.07, 6.45) is 86.4. The van der Waals surface area contributed by atoms with E-state index in [0.29, 0.717) is 25.9 Å². The average molecular weight is 1100 g/mol. The average Bonchev–Trinajstić information content (AvgIpc) is 3.44. The van der Waals surface area contributed by atoms with E-state index >= 15 is 0 Å². The summed E-state index contributed by atoms with van der Waals surface area (Å²) >= 11 is 0. The van der Waals surface area contributed by atoms with Crippen LogP contribution in [0, 0.1) is 0 Å². The van der Waals surface area contributed by atoms with Crippen molar-refractivity contribution < 1.29 is 24.5 Å². The molecule has 0 fully saturated rings. The third kappa shape index (κ3) is 63.3. The maximum Gasteiger partial charge on any atom is 0.305 e. The van der Waals surface area contributed by atoms with Crippen molar-refractivity contribution in [2.45, 2.75) is 398 Å². The third-order valence-corrected chi connectivity index (χ3v) is 16.4. The van der Waals surface area contributed by atoms with Crippen LogP contribution in [0.2, 0.25) is 0 Å². The zero-order valence-corrected chi connectivity index (χ0v) is 52.7. The van der Waals surface area contributed by atoms with Crippen molar-refractivity contribution in [1.29, 1.82) is 0 Å². The predicted octanol–water partition coefficient (Wildman–Crippen LogP) is 22.7. The van der Waals surface area contributed by atoms with E-state index in [9.17, 15) is 19.8 Å². The fourth-order valence-electron chi connectivity index (χ4n) is 11.0. The number of aliphatic hydroxyl groups excluding tert-OH is 2. The largest absolute Gasteiger partial charge is 0.466 e. The monoisotopic (exact) mass is 1100 g/mol. The van der Waals surface area contributed by atoms with Crippen LogP contribution in [0.1, 0.15) is 386 Å². The lowest BCUT2D eigenvalue weighted by Crippen LogP contribution is -2.45. The Morgan fingerprint density at radius 2 is 0.641 bits per heavy atom. The van der Waals surface area contributed by atoms with Crippen LogP contribution in [0.5, 0.6) is 0 Å². The van der Waals surface area contributed by atoms with E-state index in [0.717, 1.165) is 51.4 Å². The second-order valence-corrected chi connectivity index (χ2v) is 24.2.